The van der Waals surface area contributed by atoms with E-state index >= 15 is 0 Å². The molecule has 11 aromatic rings. The van der Waals surface area contributed by atoms with Gasteiger partial charge in [0.1, 0.15) is 41.9 Å². The number of alkyl halides is 6. The second-order valence-corrected chi connectivity index (χ2v) is 35.0. The molecule has 2 aromatic carbocycles. The summed E-state index contributed by atoms with van der Waals surface area (Å²) in [5.74, 6) is -0.518. The van der Waals surface area contributed by atoms with Crippen LogP contribution in [0.5, 0.6) is 0 Å². The Morgan fingerprint density at radius 3 is 1.27 bits per heavy atom. The fraction of sp³-hybridized carbons (Fsp3) is 0.354. The Morgan fingerprint density at radius 1 is 0.526 bits per heavy atom. The molecule has 7 aliphatic rings. The summed E-state index contributed by atoms with van der Waals surface area (Å²) in [6, 6.07) is 20.8. The number of anilines is 3. The van der Waals surface area contributed by atoms with Gasteiger partial charge in [0.05, 0.1) is 123 Å². The summed E-state index contributed by atoms with van der Waals surface area (Å²) in [7, 11) is -10.8. The number of nitrogens with one attached hydrogen (secondary N) is 1. The first-order chi connectivity index (χ1) is 61.8. The van der Waals surface area contributed by atoms with Crippen LogP contribution in [0.25, 0.3) is 22.8 Å². The number of Topliss-reactive ketones (excluding diaryl/α,β-unsaturated/α-hetero) is 1. The van der Waals surface area contributed by atoms with E-state index in [1.165, 1.54) is 45.4 Å². The fourth-order valence-corrected chi connectivity index (χ4v) is 14.7. The van der Waals surface area contributed by atoms with Gasteiger partial charge in [0.25, 0.3) is 12.4 Å². The molecule has 0 radical (unpaired) electrons. The maximum absolute atomic E-state index is 13.1. The van der Waals surface area contributed by atoms with Crippen molar-refractivity contribution in [2.24, 2.45) is 21.9 Å². The van der Waals surface area contributed by atoms with E-state index in [0.717, 1.165) is 86.7 Å². The zero-order valence-electron chi connectivity index (χ0n) is 71.7. The Balaban J connectivity index is 0.000000220. The number of hydrazone groups is 2. The molecule has 38 nitrogen and oxygen atoms in total. The van der Waals surface area contributed by atoms with Crippen molar-refractivity contribution in [3.8, 4) is 0 Å². The molecule has 18 rings (SSSR count). The van der Waals surface area contributed by atoms with E-state index in [-0.39, 0.29) is 223 Å². The number of rotatable bonds is 21. The third-order valence-electron chi connectivity index (χ3n) is 19.5. The van der Waals surface area contributed by atoms with Gasteiger partial charge >= 0.3 is 158 Å². The summed E-state index contributed by atoms with van der Waals surface area (Å²) in [4.78, 5) is 114. The summed E-state index contributed by atoms with van der Waals surface area (Å²) in [5.41, 5.74) is 8.37. The number of fused-ring (bicyclic) bond motifs is 4. The van der Waals surface area contributed by atoms with Crippen LogP contribution in [-0.2, 0) is 61.9 Å². The third-order valence-corrected chi connectivity index (χ3v) is 23.5. The molecular weight excluding hydrogens is 1980 g/mol. The molecule has 0 spiro atoms. The van der Waals surface area contributed by atoms with Gasteiger partial charge in [-0.05, 0) is 138 Å². The number of ether oxygens (including phenoxy) is 2. The van der Waals surface area contributed by atoms with Crippen molar-refractivity contribution in [1.82, 2.24) is 71.4 Å². The number of aromatic carboxylic acids is 2. The quantitative estimate of drug-likeness (QED) is 0.00996. The zero-order valence-corrected chi connectivity index (χ0v) is 83.2. The smallest absolute Gasteiger partial charge is 1.00 e. The van der Waals surface area contributed by atoms with E-state index in [0.29, 0.717) is 126 Å². The number of amides is 1. The van der Waals surface area contributed by atoms with Gasteiger partial charge in [-0.1, -0.05) is 82.3 Å². The van der Waals surface area contributed by atoms with Gasteiger partial charge in [-0.2, -0.15) is 53.4 Å². The number of benzene rings is 2. The number of nitrogen functional groups attached to an aromatic ring is 1. The average molecular weight is 2070 g/mol. The number of carboxylic acid groups (broad SMARTS) is 2. The van der Waals surface area contributed by atoms with Gasteiger partial charge in [0, 0.05) is 67.5 Å². The van der Waals surface area contributed by atoms with Crippen LogP contribution in [0.3, 0.4) is 0 Å². The van der Waals surface area contributed by atoms with Crippen LogP contribution in [0.1, 0.15) is 185 Å². The summed E-state index contributed by atoms with van der Waals surface area (Å²) < 4.78 is 137. The van der Waals surface area contributed by atoms with Crippen LogP contribution < -0.4 is 135 Å². The number of hydrogen-bond acceptors (Lipinski definition) is 29. The predicted octanol–water partition coefficient (Wildman–Crippen LogP) is 6.34. The van der Waals surface area contributed by atoms with Gasteiger partial charge in [0.15, 0.2) is 17.1 Å². The number of nitrogens with zero attached hydrogens (tertiary/aromatic N) is 18. The van der Waals surface area contributed by atoms with Crippen molar-refractivity contribution in [3.63, 3.8) is 0 Å². The number of ketones is 1. The van der Waals surface area contributed by atoms with E-state index in [1.54, 1.807) is 112 Å². The molecule has 2 aliphatic heterocycles. The topological polar surface area (TPSA) is 501 Å². The van der Waals surface area contributed by atoms with Crippen LogP contribution in [0.4, 0.5) is 43.7 Å². The monoisotopic (exact) mass is 2060 g/mol. The number of carbonyl (C=O) groups is 7. The first kappa shape index (κ1) is 110. The minimum Gasteiger partial charge on any atom is -1.00 e. The maximum Gasteiger partial charge on any atom is 1.00 e. The molecule has 0 saturated heterocycles. The standard InChI is InChI=1S/C21H19ClF3N7O3S.C13H13ClN2O2.C11H9ClN2O2.C11H13F3N4O2S.C10H8ClN3O2.C8H12O3.C4H4ClN3.CH2O3.ClH.2K.H/c22-15-10-27-20-29-17(14-3-4-14)18(31(20)11-15)19(33)26-9-13-1-5-16(6-2-13)32-8-7-30(12-28-32)36(34,35)21(23,24)25;1-2-18-13(17)12-11(8-3-4-8)15-10-6-5-9(14)7-16(10)12;12-7-3-4-8-13-9(6-1-2-6)10(11(15)16)14(8)5-7;12-11(13,14)21(19,20)17-5-6-18(16-8-17)10-3-1-9(7-15)2-4-10;11-6-3-12-10-13-7(5-1-2-5)8(9(15)16)14(10)4-6;1-2-11-8(10)5-7(9)6-3-4-6;5-3-1-7-4(6)8-2-3;2-1-4-3;;;;/h1-2,5-6,10-12,14H,3-4,7-9H2,(H,26,33);5-8H,2-4H2,1H3;3-6H,1-2H2,(H,15,16);1-4,8H,5-7,15H2;3-5H,1-2H2,(H,15,16);6H,2-5H2,1H3;1-2H,(H2,6,7,8);1,3H;1H;;;/q;;;;;;;;;2*+1;-1/p-1. The number of esters is 2. The van der Waals surface area contributed by atoms with Crippen molar-refractivity contribution in [2.45, 2.75) is 132 Å². The van der Waals surface area contributed by atoms with E-state index in [9.17, 15) is 82.2 Å². The molecule has 5 saturated carbocycles. The number of aromatic nitrogens is 12. The fourth-order valence-electron chi connectivity index (χ4n) is 12.5. The number of hydrogen-bond donors (Lipinski definition) is 5. The summed E-state index contributed by atoms with van der Waals surface area (Å²) in [6.07, 6.45) is 23.6. The van der Waals surface area contributed by atoms with E-state index in [4.69, 9.17) is 84.3 Å². The first-order valence-electron chi connectivity index (χ1n) is 39.4. The second kappa shape index (κ2) is 48.9. The number of carboxylic acids is 2. The van der Waals surface area contributed by atoms with Gasteiger partial charge in [-0.25, -0.2) is 62.9 Å². The summed E-state index contributed by atoms with van der Waals surface area (Å²) in [6.45, 7) is 3.89. The molecule has 0 unspecified atom stereocenters. The van der Waals surface area contributed by atoms with Crippen LogP contribution in [0.15, 0.2) is 133 Å². The Morgan fingerprint density at radius 2 is 0.902 bits per heavy atom. The molecular formula is C79H81Cl6F6K2N21O17S2. The number of imidazole rings is 4. The molecule has 133 heavy (non-hydrogen) atoms. The number of pyridine rings is 2. The Hall–Kier alpha value is -8.62. The van der Waals surface area contributed by atoms with Crippen molar-refractivity contribution < 1.29 is 211 Å². The molecule has 702 valence electrons. The van der Waals surface area contributed by atoms with E-state index in [2.05, 4.69) is 65.0 Å². The minimum absolute atomic E-state index is 0. The molecule has 5 fully saturated rings. The molecule has 0 atom stereocenters. The predicted molar refractivity (Wildman–Crippen MR) is 467 cm³/mol. The Labute approximate surface area is 871 Å². The Bertz CT molecular complexity index is 6160. The summed E-state index contributed by atoms with van der Waals surface area (Å²) >= 11 is 29.1. The maximum atomic E-state index is 13.1. The van der Waals surface area contributed by atoms with Crippen LogP contribution in [0, 0.1) is 5.92 Å². The molecule has 54 heteroatoms. The number of halogens is 12. The first-order valence-corrected chi connectivity index (χ1v) is 44.2. The SMILES string of the molecule is CCOC(=O)CC(=O)C1CC1.CCOC(=O)c1c(C2CC2)nc2ccc(Cl)cn12.Cl.NCc1ccc(N2CCN(S(=O)(=O)C(F)(F)F)C=N2)cc1.Nc1ncc(Cl)cn1.O=C(NCc1ccc(N2CCN(S(=O)(=O)C(F)(F)F)C=N2)cc1)c1c(C2CC2)nc2ncc(Cl)cn12.O=C(O)c1c(C2CC2)nc2ccc(Cl)cn12.O=C(O)c1c(C2CC2)nc2ncc(Cl)cn12.O=CO[O-].[H-].[K+].[K+]. The normalized spacial score (nSPS) is 14.9. The summed E-state index contributed by atoms with van der Waals surface area (Å²) in [5, 5.41) is 42.5. The molecule has 0 bridgehead atoms. The van der Waals surface area contributed by atoms with Crippen molar-refractivity contribution in [3.05, 3.63) is 204 Å². The number of nitrogens with two attached hydrogens (primary N) is 2. The largest absolute Gasteiger partial charge is 1.00 e. The Kier molecular flexibility index (Phi) is 40.3. The number of carbonyl (C=O) groups excluding carboxylic acids is 5. The molecule has 7 N–H and O–H groups in total. The van der Waals surface area contributed by atoms with Crippen molar-refractivity contribution in [2.75, 3.05) is 55.1 Å². The van der Waals surface area contributed by atoms with E-state index < -0.39 is 49.5 Å². The van der Waals surface area contributed by atoms with Gasteiger partial charge in [-0.15, -0.1) is 12.4 Å². The second-order valence-electron chi connectivity index (χ2n) is 29.1. The molecule has 9 aromatic heterocycles. The molecule has 5 aliphatic carbocycles. The van der Waals surface area contributed by atoms with E-state index in [1.807, 2.05) is 6.07 Å². The molecule has 11 heterocycles. The third kappa shape index (κ3) is 29.5. The zero-order chi connectivity index (χ0) is 94.3. The van der Waals surface area contributed by atoms with Gasteiger partial charge in [-0.3, -0.25) is 46.8 Å². The van der Waals surface area contributed by atoms with Crippen LogP contribution >= 0.6 is 70.4 Å². The van der Waals surface area contributed by atoms with Crippen LogP contribution in [-0.4, -0.2) is 198 Å². The average Bonchev–Trinajstić information content (AvgIpc) is 1.68. The van der Waals surface area contributed by atoms with Gasteiger partial charge < -0.3 is 48.0 Å². The minimum atomic E-state index is -5.47. The van der Waals surface area contributed by atoms with Crippen LogP contribution in [0.2, 0.25) is 25.1 Å². The van der Waals surface area contributed by atoms with Crippen molar-refractivity contribution >= 4 is 185 Å². The number of sulfonamides is 2. The molecule has 1 amide bonds. The van der Waals surface area contributed by atoms with Crippen molar-refractivity contribution in [1.29, 1.82) is 0 Å². The van der Waals surface area contributed by atoms with Gasteiger partial charge in [0.2, 0.25) is 17.5 Å².